The molecule has 0 bridgehead atoms. The van der Waals surface area contributed by atoms with Crippen LogP contribution in [0, 0.1) is 0 Å². The van der Waals surface area contributed by atoms with E-state index in [0.29, 0.717) is 0 Å². The van der Waals surface area contributed by atoms with Crippen LogP contribution in [0.25, 0.3) is 0 Å². The summed E-state index contributed by atoms with van der Waals surface area (Å²) in [5, 5.41) is 0. The van der Waals surface area contributed by atoms with E-state index in [1.54, 1.807) is 0 Å². The number of hydrogen-bond donors (Lipinski definition) is 0. The Bertz CT molecular complexity index is 487. The first-order chi connectivity index (χ1) is 15.7. The molecule has 39 heavy (non-hydrogen) atoms. The average Bonchev–Trinajstić information content (AvgIpc) is 2.45. The molecule has 0 aromatic carbocycles. The topological polar surface area (TPSA) is 55.4 Å². The van der Waals surface area contributed by atoms with Gasteiger partial charge in [0.15, 0.2) is 0 Å². The first kappa shape index (κ1) is 54.6. The van der Waals surface area contributed by atoms with Crippen LogP contribution in [0.15, 0.2) is 0 Å². The van der Waals surface area contributed by atoms with Gasteiger partial charge in [0.2, 0.25) is 0 Å². The molecule has 0 amide bonds. The molecule has 0 N–H and O–H groups in total. The van der Waals surface area contributed by atoms with Crippen LogP contribution in [0.3, 0.4) is 0 Å². The molecule has 0 aliphatic heterocycles. The second kappa shape index (κ2) is 24.3. The summed E-state index contributed by atoms with van der Waals surface area (Å²) in [4.78, 5) is 10.2. The molecular weight excluding hydrogens is 911 g/mol. The Morgan fingerprint density at radius 1 is 0.385 bits per heavy atom. The molecule has 0 aromatic heterocycles. The molecule has 4 radical (unpaired) electrons. The van der Waals surface area contributed by atoms with Crippen molar-refractivity contribution in [3.8, 4) is 0 Å². The summed E-state index contributed by atoms with van der Waals surface area (Å²) in [6.07, 6.45) is 0. The van der Waals surface area contributed by atoms with Gasteiger partial charge in [-0.1, -0.05) is 7.43 Å². The van der Waals surface area contributed by atoms with Gasteiger partial charge in [-0.2, -0.15) is 0 Å². The fourth-order valence-electron chi connectivity index (χ4n) is 1.94. The Balaban J connectivity index is -0.0000000923. The molecule has 0 aliphatic carbocycles. The van der Waals surface area contributed by atoms with Gasteiger partial charge in [0, 0.05) is 0 Å². The van der Waals surface area contributed by atoms with Crippen molar-refractivity contribution in [2.24, 2.45) is 0 Å². The van der Waals surface area contributed by atoms with Gasteiger partial charge in [0.1, 0.15) is 0 Å². The average molecular weight is 984 g/mol. The van der Waals surface area contributed by atoms with Crippen LogP contribution in [-0.2, 0) is 21.6 Å². The van der Waals surface area contributed by atoms with E-state index in [1.165, 1.54) is 0 Å². The van der Waals surface area contributed by atoms with E-state index < -0.39 is 65.7 Å². The van der Waals surface area contributed by atoms with E-state index in [-0.39, 0.29) is 64.9 Å². The third-order valence-electron chi connectivity index (χ3n) is 2.42. The monoisotopic (exact) mass is 986 g/mol. The van der Waals surface area contributed by atoms with E-state index in [0.717, 1.165) is 0 Å². The maximum absolute atomic E-state index is 5.65. The molecule has 6 nitrogen and oxygen atoms in total. The van der Waals surface area contributed by atoms with Gasteiger partial charge in [-0.3, -0.25) is 0 Å². The molecule has 0 aliphatic rings. The van der Waals surface area contributed by atoms with Crippen molar-refractivity contribution in [3.63, 3.8) is 0 Å². The van der Waals surface area contributed by atoms with Crippen LogP contribution in [0.4, 0.5) is 0 Å². The fraction of sp³-hybridized carbons (Fsp3) is 1.00. The summed E-state index contributed by atoms with van der Waals surface area (Å²) < 4.78 is 31.4. The zero-order valence-corrected chi connectivity index (χ0v) is 43.3. The number of hydrogen-bond acceptors (Lipinski definition) is 6. The van der Waals surface area contributed by atoms with E-state index in [9.17, 15) is 0 Å². The molecule has 0 fully saturated rings. The van der Waals surface area contributed by atoms with Gasteiger partial charge >= 0.3 is 226 Å². The van der Waals surface area contributed by atoms with E-state index in [4.69, 9.17) is 21.6 Å². The van der Waals surface area contributed by atoms with E-state index in [2.05, 4.69) is 102 Å². The second-order valence-corrected chi connectivity index (χ2v) is 30.4. The quantitative estimate of drug-likeness (QED) is 0.157. The summed E-state index contributed by atoms with van der Waals surface area (Å²) in [5.41, 5.74) is -0.260. The fourth-order valence-corrected chi connectivity index (χ4v) is 11.6. The normalized spacial score (nSPS) is 12.2. The zero-order chi connectivity index (χ0) is 31.1. The third kappa shape index (κ3) is 79.6. The van der Waals surface area contributed by atoms with E-state index >= 15 is 0 Å². The summed E-state index contributed by atoms with van der Waals surface area (Å²) >= 11 is -3.81. The van der Waals surface area contributed by atoms with Crippen LogP contribution < -0.4 is 0 Å². The zero-order valence-electron chi connectivity index (χ0n) is 29.8. The molecule has 0 rings (SSSR count). The molecule has 10 heteroatoms. The molecule has 0 atom stereocenters. The van der Waals surface area contributed by atoms with Crippen molar-refractivity contribution in [2.45, 2.75) is 184 Å². The molecule has 0 heterocycles. The Morgan fingerprint density at radius 3 is 0.667 bits per heavy atom. The summed E-state index contributed by atoms with van der Waals surface area (Å²) in [6, 6.07) is 0. The summed E-state index contributed by atoms with van der Waals surface area (Å²) in [6.45, 7) is 36.8. The standard InChI is InChI=1S/C8H18O2.4C4H9O.CH4.4CH3.2In.2Sn.2H/c1-7(2,3)9-10-8(4,5)6;4*1-4(2,3)5;;;;;;;;;;;/h1-6H3;4*1-3H3;1H4;4*1H3;;;;;;/q;4*-1;;;;;;2*+1;;+2;;. The Hall–Kier alpha value is 3.10. The Morgan fingerprint density at radius 2 is 0.590 bits per heavy atom. The minimum absolute atomic E-state index is 0. The van der Waals surface area contributed by atoms with Crippen molar-refractivity contribution in [3.05, 3.63) is 0 Å². The van der Waals surface area contributed by atoms with Crippen molar-refractivity contribution in [2.75, 3.05) is 0 Å². The molecular formula is C29H72In2O6Sn2. The minimum atomic E-state index is -1.38. The molecule has 0 saturated carbocycles. The van der Waals surface area contributed by atoms with Gasteiger partial charge in [0.25, 0.3) is 0 Å². The Kier molecular flexibility index (Phi) is 34.1. The van der Waals surface area contributed by atoms with Gasteiger partial charge in [-0.25, -0.2) is 9.78 Å². The van der Waals surface area contributed by atoms with Crippen LogP contribution in [0.5, 0.6) is 0 Å². The molecule has 0 aromatic rings. The molecule has 0 spiro atoms. The van der Waals surface area contributed by atoms with Gasteiger partial charge in [0.05, 0.1) is 11.2 Å². The molecule has 0 unspecified atom stereocenters. The van der Waals surface area contributed by atoms with E-state index in [1.807, 2.05) is 41.5 Å². The molecule has 238 valence electrons. The predicted molar refractivity (Wildman–Crippen MR) is 181 cm³/mol. The van der Waals surface area contributed by atoms with Crippen molar-refractivity contribution < 1.29 is 21.6 Å². The Labute approximate surface area is 292 Å². The summed E-state index contributed by atoms with van der Waals surface area (Å²) in [7, 11) is 0. The van der Waals surface area contributed by atoms with Crippen LogP contribution >= 0.6 is 0 Å². The van der Waals surface area contributed by atoms with Crippen LogP contribution in [0.1, 0.15) is 132 Å². The number of rotatable bonds is 5. The van der Waals surface area contributed by atoms with Crippen LogP contribution in [0.2, 0.25) is 18.7 Å². The first-order valence-corrected chi connectivity index (χ1v) is 31.8. The van der Waals surface area contributed by atoms with Gasteiger partial charge < -0.3 is 0 Å². The van der Waals surface area contributed by atoms with Crippen molar-refractivity contribution in [1.82, 2.24) is 0 Å². The molecule has 0 saturated heterocycles. The van der Waals surface area contributed by atoms with Crippen molar-refractivity contribution in [1.29, 1.82) is 0 Å². The second-order valence-electron chi connectivity index (χ2n) is 15.5. The first-order valence-electron chi connectivity index (χ1n) is 13.6. The van der Waals surface area contributed by atoms with Crippen molar-refractivity contribution >= 4 is 89.6 Å². The third-order valence-corrected chi connectivity index (χ3v) is 13.1. The maximum atomic E-state index is 5.65. The summed E-state index contributed by atoms with van der Waals surface area (Å²) in [5.74, 6) is 0. The predicted octanol–water partition coefficient (Wildman–Crippen LogP) is 8.51. The van der Waals surface area contributed by atoms with Gasteiger partial charge in [-0.05, 0) is 41.5 Å². The van der Waals surface area contributed by atoms with Gasteiger partial charge in [-0.15, -0.1) is 0 Å². The van der Waals surface area contributed by atoms with Crippen LogP contribution in [-0.4, -0.2) is 123 Å². The SMILES string of the molecule is C.CC(C)(C)OOC(C)(C)C.CC(C)(C)[O][Sn][O]C(C)(C)C.[CH3][In]([CH3])[O]C(C)(C)C.[CH3][In]([CH3])[O]C(C)(C)C.[SnH2].